The van der Waals surface area contributed by atoms with Crippen LogP contribution in [0.2, 0.25) is 5.15 Å². The van der Waals surface area contributed by atoms with E-state index in [0.717, 1.165) is 12.0 Å². The Kier molecular flexibility index (Phi) is 4.92. The van der Waals surface area contributed by atoms with Crippen molar-refractivity contribution in [3.8, 4) is 0 Å². The topological polar surface area (TPSA) is 101 Å². The lowest BCUT2D eigenvalue weighted by atomic mass is 10.3. The maximum absolute atomic E-state index is 12.4. The molecule has 0 saturated heterocycles. The van der Waals surface area contributed by atoms with Crippen LogP contribution in [0.15, 0.2) is 53.0 Å². The minimum atomic E-state index is -3.69. The molecular formula is C17H15ClN6O2S2. The van der Waals surface area contributed by atoms with Gasteiger partial charge in [-0.15, -0.1) is 11.3 Å². The number of hydrogen-bond donors (Lipinski definition) is 2. The maximum Gasteiger partial charge on any atom is 0.263 e. The van der Waals surface area contributed by atoms with E-state index < -0.39 is 10.0 Å². The minimum absolute atomic E-state index is 0.138. The number of thiazole rings is 1. The number of anilines is 3. The summed E-state index contributed by atoms with van der Waals surface area (Å²) in [6, 6.07) is 8.02. The lowest BCUT2D eigenvalue weighted by Crippen LogP contribution is -2.12. The molecule has 0 fully saturated rings. The van der Waals surface area contributed by atoms with Crippen molar-refractivity contribution in [1.82, 2.24) is 19.6 Å². The molecule has 1 aromatic carbocycles. The quantitative estimate of drug-likeness (QED) is 0.445. The molecule has 8 nitrogen and oxygen atoms in total. The van der Waals surface area contributed by atoms with Crippen LogP contribution in [0.5, 0.6) is 0 Å². The minimum Gasteiger partial charge on any atom is -0.340 e. The standard InChI is InChI=1S/C17H15ClN6O2S2/c1-2-11-10-20-24-15(9-14(18)22-16(11)24)21-12-3-5-13(6-4-12)28(25,26)23-17-19-7-8-27-17/h3-10,21H,2H2,1H3,(H,19,23). The third-order valence-electron chi connectivity index (χ3n) is 3.99. The van der Waals surface area contributed by atoms with E-state index >= 15 is 0 Å². The Balaban J connectivity index is 1.60. The van der Waals surface area contributed by atoms with E-state index in [9.17, 15) is 8.42 Å². The summed E-state index contributed by atoms with van der Waals surface area (Å²) in [5.41, 5.74) is 2.36. The summed E-state index contributed by atoms with van der Waals surface area (Å²) in [6.07, 6.45) is 4.08. The first-order chi connectivity index (χ1) is 13.5. The van der Waals surface area contributed by atoms with Crippen LogP contribution in [0.3, 0.4) is 0 Å². The van der Waals surface area contributed by atoms with E-state index in [1.807, 2.05) is 6.92 Å². The van der Waals surface area contributed by atoms with E-state index in [4.69, 9.17) is 11.6 Å². The van der Waals surface area contributed by atoms with Crippen molar-refractivity contribution in [2.45, 2.75) is 18.2 Å². The van der Waals surface area contributed by atoms with Crippen molar-refractivity contribution < 1.29 is 8.42 Å². The van der Waals surface area contributed by atoms with Crippen molar-refractivity contribution in [3.05, 3.63) is 58.8 Å². The van der Waals surface area contributed by atoms with Gasteiger partial charge < -0.3 is 5.32 Å². The summed E-state index contributed by atoms with van der Waals surface area (Å²) in [5, 5.41) is 9.91. The van der Waals surface area contributed by atoms with E-state index in [1.54, 1.807) is 34.3 Å². The van der Waals surface area contributed by atoms with Gasteiger partial charge in [-0.3, -0.25) is 4.72 Å². The van der Waals surface area contributed by atoms with Crippen molar-refractivity contribution in [2.75, 3.05) is 10.0 Å². The van der Waals surface area contributed by atoms with Gasteiger partial charge in [-0.2, -0.15) is 9.61 Å². The molecule has 3 heterocycles. The SMILES string of the molecule is CCc1cnn2c(Nc3ccc(S(=O)(=O)Nc4nccs4)cc3)cc(Cl)nc12. The molecule has 4 aromatic rings. The smallest absolute Gasteiger partial charge is 0.263 e. The van der Waals surface area contributed by atoms with Crippen molar-refractivity contribution in [1.29, 1.82) is 0 Å². The molecule has 0 aliphatic rings. The van der Waals surface area contributed by atoms with Crippen molar-refractivity contribution in [2.24, 2.45) is 0 Å². The van der Waals surface area contributed by atoms with Crippen LogP contribution < -0.4 is 10.0 Å². The number of fused-ring (bicyclic) bond motifs is 1. The van der Waals surface area contributed by atoms with Gasteiger partial charge in [0.2, 0.25) is 0 Å². The molecule has 144 valence electrons. The zero-order chi connectivity index (χ0) is 19.7. The van der Waals surface area contributed by atoms with Crippen molar-refractivity contribution in [3.63, 3.8) is 0 Å². The Morgan fingerprint density at radius 2 is 2.04 bits per heavy atom. The first-order valence-electron chi connectivity index (χ1n) is 8.29. The first-order valence-corrected chi connectivity index (χ1v) is 11.0. The number of aryl methyl sites for hydroxylation is 1. The molecule has 0 bridgehead atoms. The van der Waals surface area contributed by atoms with Gasteiger partial charge in [0.25, 0.3) is 10.0 Å². The Bertz CT molecular complexity index is 1220. The number of benzene rings is 1. The number of halogens is 1. The highest BCUT2D eigenvalue weighted by Crippen LogP contribution is 2.24. The second-order valence-electron chi connectivity index (χ2n) is 5.82. The fourth-order valence-electron chi connectivity index (χ4n) is 2.63. The molecule has 2 N–H and O–H groups in total. The third kappa shape index (κ3) is 3.66. The molecule has 0 atom stereocenters. The molecule has 0 aliphatic carbocycles. The van der Waals surface area contributed by atoms with Gasteiger partial charge in [-0.1, -0.05) is 18.5 Å². The molecule has 0 amide bonds. The number of sulfonamides is 1. The van der Waals surface area contributed by atoms with E-state index in [2.05, 4.69) is 25.1 Å². The largest absolute Gasteiger partial charge is 0.340 e. The van der Waals surface area contributed by atoms with Crippen LogP contribution in [0, 0.1) is 0 Å². The molecule has 0 spiro atoms. The summed E-state index contributed by atoms with van der Waals surface area (Å²) in [4.78, 5) is 8.40. The molecule has 3 aromatic heterocycles. The van der Waals surface area contributed by atoms with Gasteiger partial charge in [0.05, 0.1) is 11.1 Å². The van der Waals surface area contributed by atoms with Gasteiger partial charge in [0, 0.05) is 28.9 Å². The van der Waals surface area contributed by atoms with Crippen LogP contribution in [0.4, 0.5) is 16.6 Å². The fourth-order valence-corrected chi connectivity index (χ4v) is 4.60. The summed E-state index contributed by atoms with van der Waals surface area (Å²) in [5.74, 6) is 0.631. The Morgan fingerprint density at radius 1 is 1.25 bits per heavy atom. The molecule has 11 heteroatoms. The zero-order valence-corrected chi connectivity index (χ0v) is 17.0. The number of nitrogens with one attached hydrogen (secondary N) is 2. The van der Waals surface area contributed by atoms with Gasteiger partial charge in [-0.05, 0) is 30.7 Å². The number of hydrogen-bond acceptors (Lipinski definition) is 7. The number of nitrogens with zero attached hydrogens (tertiary/aromatic N) is 4. The van der Waals surface area contributed by atoms with Crippen LogP contribution >= 0.6 is 22.9 Å². The summed E-state index contributed by atoms with van der Waals surface area (Å²) < 4.78 is 28.9. The average molecular weight is 435 g/mol. The van der Waals surface area contributed by atoms with Crippen LogP contribution in [-0.4, -0.2) is 28.0 Å². The lowest BCUT2D eigenvalue weighted by molar-refractivity contribution is 0.601. The van der Waals surface area contributed by atoms with E-state index in [-0.39, 0.29) is 4.90 Å². The second-order valence-corrected chi connectivity index (χ2v) is 8.78. The molecular weight excluding hydrogens is 420 g/mol. The highest BCUT2D eigenvalue weighted by atomic mass is 35.5. The van der Waals surface area contributed by atoms with Gasteiger partial charge in [0.15, 0.2) is 10.8 Å². The van der Waals surface area contributed by atoms with Crippen LogP contribution in [-0.2, 0) is 16.4 Å². The highest BCUT2D eigenvalue weighted by molar-refractivity contribution is 7.93. The third-order valence-corrected chi connectivity index (χ3v) is 6.35. The fraction of sp³-hybridized carbons (Fsp3) is 0.118. The van der Waals surface area contributed by atoms with E-state index in [0.29, 0.717) is 27.4 Å². The Hall–Kier alpha value is -2.69. The number of rotatable bonds is 6. The Morgan fingerprint density at radius 3 is 2.71 bits per heavy atom. The van der Waals surface area contributed by atoms with Gasteiger partial charge >= 0.3 is 0 Å². The molecule has 28 heavy (non-hydrogen) atoms. The van der Waals surface area contributed by atoms with Gasteiger partial charge in [-0.25, -0.2) is 18.4 Å². The first kappa shape index (κ1) is 18.7. The summed E-state index contributed by atoms with van der Waals surface area (Å²) in [7, 11) is -3.69. The lowest BCUT2D eigenvalue weighted by Gasteiger charge is -2.10. The van der Waals surface area contributed by atoms with Gasteiger partial charge in [0.1, 0.15) is 11.0 Å². The molecule has 0 unspecified atom stereocenters. The highest BCUT2D eigenvalue weighted by Gasteiger charge is 2.16. The molecule has 0 saturated carbocycles. The monoisotopic (exact) mass is 434 g/mol. The zero-order valence-electron chi connectivity index (χ0n) is 14.6. The number of aromatic nitrogens is 4. The summed E-state index contributed by atoms with van der Waals surface area (Å²) in [6.45, 7) is 2.02. The summed E-state index contributed by atoms with van der Waals surface area (Å²) >= 11 is 7.36. The maximum atomic E-state index is 12.4. The Labute approximate surface area is 170 Å². The predicted octanol–water partition coefficient (Wildman–Crippen LogP) is 3.95. The second kappa shape index (κ2) is 7.38. The van der Waals surface area contributed by atoms with Crippen LogP contribution in [0.25, 0.3) is 5.65 Å². The van der Waals surface area contributed by atoms with E-state index in [1.165, 1.54) is 29.7 Å². The average Bonchev–Trinajstić information content (AvgIpc) is 3.31. The van der Waals surface area contributed by atoms with Crippen molar-refractivity contribution >= 4 is 55.2 Å². The predicted molar refractivity (Wildman–Crippen MR) is 110 cm³/mol. The molecule has 0 aliphatic heterocycles. The molecule has 0 radical (unpaired) electrons. The molecule has 4 rings (SSSR count). The normalized spacial score (nSPS) is 11.6. The van der Waals surface area contributed by atoms with Crippen LogP contribution in [0.1, 0.15) is 12.5 Å².